The highest BCUT2D eigenvalue weighted by molar-refractivity contribution is 6.62. The van der Waals surface area contributed by atoms with Gasteiger partial charge in [-0.1, -0.05) is 26.0 Å². The summed E-state index contributed by atoms with van der Waals surface area (Å²) in [6.07, 6.45) is 3.09. The highest BCUT2D eigenvalue weighted by Gasteiger charge is 2.51. The zero-order valence-electron chi connectivity index (χ0n) is 19.2. The van der Waals surface area contributed by atoms with Crippen LogP contribution in [0.1, 0.15) is 67.2 Å². The molecule has 1 amide bonds. The van der Waals surface area contributed by atoms with Gasteiger partial charge in [0.15, 0.2) is 0 Å². The molecule has 0 atom stereocenters. The van der Waals surface area contributed by atoms with Crippen molar-refractivity contribution in [3.8, 4) is 5.75 Å². The molecule has 6 nitrogen and oxygen atoms in total. The van der Waals surface area contributed by atoms with Crippen LogP contribution in [0.15, 0.2) is 24.3 Å². The first-order valence-corrected chi connectivity index (χ1v) is 11.0. The first-order chi connectivity index (χ1) is 13.9. The number of hydrogen-bond donors (Lipinski definition) is 1. The van der Waals surface area contributed by atoms with Crippen LogP contribution in [-0.2, 0) is 9.31 Å². The predicted molar refractivity (Wildman–Crippen MR) is 118 cm³/mol. The van der Waals surface area contributed by atoms with Gasteiger partial charge in [-0.25, -0.2) is 4.79 Å². The van der Waals surface area contributed by atoms with Crippen molar-refractivity contribution in [1.29, 1.82) is 0 Å². The van der Waals surface area contributed by atoms with Gasteiger partial charge in [0.2, 0.25) is 0 Å². The smallest absolute Gasteiger partial charge is 0.492 e. The van der Waals surface area contributed by atoms with Crippen molar-refractivity contribution < 1.29 is 23.9 Å². The van der Waals surface area contributed by atoms with Gasteiger partial charge in [0.05, 0.1) is 17.7 Å². The van der Waals surface area contributed by atoms with Crippen molar-refractivity contribution in [2.24, 2.45) is 5.41 Å². The van der Waals surface area contributed by atoms with Gasteiger partial charge in [0.25, 0.3) is 0 Å². The van der Waals surface area contributed by atoms with Gasteiger partial charge in [-0.3, -0.25) is 0 Å². The zero-order valence-corrected chi connectivity index (χ0v) is 19.2. The third-order valence-corrected chi connectivity index (χ3v) is 7.00. The lowest BCUT2D eigenvalue weighted by Gasteiger charge is -2.38. The van der Waals surface area contributed by atoms with Gasteiger partial charge in [0, 0.05) is 6.04 Å². The van der Waals surface area contributed by atoms with Gasteiger partial charge < -0.3 is 24.1 Å². The van der Waals surface area contributed by atoms with Crippen molar-refractivity contribution in [2.45, 2.75) is 84.5 Å². The van der Waals surface area contributed by atoms with E-state index in [0.717, 1.165) is 31.1 Å². The Kier molecular flexibility index (Phi) is 6.45. The molecule has 0 unspecified atom stereocenters. The molecule has 2 fully saturated rings. The van der Waals surface area contributed by atoms with Crippen molar-refractivity contribution in [3.05, 3.63) is 24.3 Å². The van der Waals surface area contributed by atoms with E-state index in [1.165, 1.54) is 0 Å². The summed E-state index contributed by atoms with van der Waals surface area (Å²) in [5.41, 5.74) is 0.511. The minimum atomic E-state index is -0.862. The van der Waals surface area contributed by atoms with Gasteiger partial charge in [-0.2, -0.15) is 0 Å². The maximum Gasteiger partial charge on any atom is 0.494 e. The molecule has 1 heterocycles. The summed E-state index contributed by atoms with van der Waals surface area (Å²) in [5, 5.41) is 9.64. The molecule has 1 saturated carbocycles. The molecule has 30 heavy (non-hydrogen) atoms. The SMILES string of the molecule is CC1(C)CCC(N(CCOc2ccc(B3OC(C)(C)C(C)(C)O3)cc2)C(=O)O)CC1. The van der Waals surface area contributed by atoms with E-state index in [1.54, 1.807) is 4.90 Å². The Hall–Kier alpha value is -1.73. The van der Waals surface area contributed by atoms with Crippen molar-refractivity contribution in [1.82, 2.24) is 4.90 Å². The fourth-order valence-corrected chi connectivity index (χ4v) is 4.09. The summed E-state index contributed by atoms with van der Waals surface area (Å²) in [6, 6.07) is 7.74. The Morgan fingerprint density at radius 3 is 2.10 bits per heavy atom. The van der Waals surface area contributed by atoms with Crippen LogP contribution in [-0.4, -0.2) is 53.6 Å². The lowest BCUT2D eigenvalue weighted by Crippen LogP contribution is -2.44. The van der Waals surface area contributed by atoms with Crippen LogP contribution in [0.25, 0.3) is 0 Å². The predicted octanol–water partition coefficient (Wildman–Crippen LogP) is 4.31. The molecule has 0 aromatic heterocycles. The Morgan fingerprint density at radius 2 is 1.60 bits per heavy atom. The third kappa shape index (κ3) is 5.12. The Bertz CT molecular complexity index is 720. The molecule has 7 heteroatoms. The second-order valence-electron chi connectivity index (χ2n) is 10.4. The number of carbonyl (C=O) groups is 1. The average molecular weight is 417 g/mol. The first-order valence-electron chi connectivity index (χ1n) is 11.0. The maximum absolute atomic E-state index is 11.7. The average Bonchev–Trinajstić information content (AvgIpc) is 2.87. The molecule has 1 saturated heterocycles. The number of nitrogens with zero attached hydrogens (tertiary/aromatic N) is 1. The van der Waals surface area contributed by atoms with Crippen LogP contribution >= 0.6 is 0 Å². The minimum Gasteiger partial charge on any atom is -0.492 e. The number of benzene rings is 1. The molecule has 0 spiro atoms. The largest absolute Gasteiger partial charge is 0.494 e. The number of amides is 1. The van der Waals surface area contributed by atoms with Gasteiger partial charge in [0.1, 0.15) is 12.4 Å². The molecular weight excluding hydrogens is 381 g/mol. The number of carboxylic acid groups (broad SMARTS) is 1. The quantitative estimate of drug-likeness (QED) is 0.699. The van der Waals surface area contributed by atoms with Crippen molar-refractivity contribution >= 4 is 18.7 Å². The van der Waals surface area contributed by atoms with E-state index in [2.05, 4.69) is 13.8 Å². The fraction of sp³-hybridized carbons (Fsp3) is 0.696. The molecule has 166 valence electrons. The van der Waals surface area contributed by atoms with Crippen LogP contribution in [0.4, 0.5) is 4.79 Å². The van der Waals surface area contributed by atoms with E-state index in [1.807, 2.05) is 52.0 Å². The van der Waals surface area contributed by atoms with Crippen LogP contribution < -0.4 is 10.2 Å². The van der Waals surface area contributed by atoms with E-state index in [9.17, 15) is 9.90 Å². The van der Waals surface area contributed by atoms with Gasteiger partial charge in [-0.15, -0.1) is 0 Å². The number of rotatable bonds is 6. The minimum absolute atomic E-state index is 0.0878. The Labute approximate surface area is 181 Å². The molecule has 1 aromatic carbocycles. The van der Waals surface area contributed by atoms with E-state index in [-0.39, 0.29) is 17.2 Å². The van der Waals surface area contributed by atoms with Crippen molar-refractivity contribution in [3.63, 3.8) is 0 Å². The maximum atomic E-state index is 11.7. The second-order valence-corrected chi connectivity index (χ2v) is 10.4. The monoisotopic (exact) mass is 417 g/mol. The van der Waals surface area contributed by atoms with E-state index >= 15 is 0 Å². The molecule has 3 rings (SSSR count). The molecular formula is C23H36BNO5. The second kappa shape index (κ2) is 8.43. The Balaban J connectivity index is 1.52. The summed E-state index contributed by atoms with van der Waals surface area (Å²) < 4.78 is 18.0. The number of hydrogen-bond acceptors (Lipinski definition) is 4. The van der Waals surface area contributed by atoms with Crippen LogP contribution in [0.2, 0.25) is 0 Å². The van der Waals surface area contributed by atoms with E-state index in [4.69, 9.17) is 14.0 Å². The highest BCUT2D eigenvalue weighted by Crippen LogP contribution is 2.37. The fourth-order valence-electron chi connectivity index (χ4n) is 4.09. The summed E-state index contributed by atoms with van der Waals surface area (Å²) in [5.74, 6) is 0.713. The lowest BCUT2D eigenvalue weighted by atomic mass is 9.75. The van der Waals surface area contributed by atoms with E-state index in [0.29, 0.717) is 24.3 Å². The lowest BCUT2D eigenvalue weighted by molar-refractivity contribution is 0.00578. The molecule has 1 aliphatic carbocycles. The van der Waals surface area contributed by atoms with Crippen LogP contribution in [0.5, 0.6) is 5.75 Å². The number of ether oxygens (including phenoxy) is 1. The van der Waals surface area contributed by atoms with Crippen LogP contribution in [0.3, 0.4) is 0 Å². The summed E-state index contributed by atoms with van der Waals surface area (Å²) in [4.78, 5) is 13.3. The normalized spacial score (nSPS) is 22.7. The van der Waals surface area contributed by atoms with Gasteiger partial charge >= 0.3 is 13.2 Å². The topological polar surface area (TPSA) is 68.2 Å². The molecule has 1 aromatic rings. The highest BCUT2D eigenvalue weighted by atomic mass is 16.7. The summed E-state index contributed by atoms with van der Waals surface area (Å²) in [6.45, 7) is 13.4. The van der Waals surface area contributed by atoms with Gasteiger partial charge in [-0.05, 0) is 76.4 Å². The third-order valence-electron chi connectivity index (χ3n) is 7.00. The Morgan fingerprint density at radius 1 is 1.07 bits per heavy atom. The van der Waals surface area contributed by atoms with E-state index < -0.39 is 13.2 Å². The first kappa shape index (κ1) is 22.9. The molecule has 0 radical (unpaired) electrons. The standard InChI is InChI=1S/C23H36BNO5/c1-21(2)13-11-18(12-14-21)25(20(26)27)15-16-28-19-9-7-17(8-10-19)24-29-22(3,4)23(5,6)30-24/h7-10,18H,11-16H2,1-6H3,(H,26,27). The molecule has 1 N–H and O–H groups in total. The summed E-state index contributed by atoms with van der Waals surface area (Å²) >= 11 is 0. The van der Waals surface area contributed by atoms with Crippen LogP contribution in [0, 0.1) is 5.41 Å². The molecule has 2 aliphatic rings. The zero-order chi connectivity index (χ0) is 22.2. The summed E-state index contributed by atoms with van der Waals surface area (Å²) in [7, 11) is -0.401. The molecule has 0 bridgehead atoms. The van der Waals surface area contributed by atoms with Crippen molar-refractivity contribution in [2.75, 3.05) is 13.2 Å². The molecule has 1 aliphatic heterocycles.